The minimum absolute atomic E-state index is 2.12. The van der Waals surface area contributed by atoms with Crippen molar-refractivity contribution in [1.29, 1.82) is 0 Å². The minimum atomic E-state index is 2.12. The highest BCUT2D eigenvalue weighted by atomic mass is 13.6. The van der Waals surface area contributed by atoms with E-state index in [1.807, 2.05) is 0 Å². The Morgan fingerprint density at radius 3 is 0.204 bits per heavy atom. The Morgan fingerprint density at radius 1 is 0.0926 bits per heavy atom. The molecule has 0 spiro atoms. The third-order valence-electron chi connectivity index (χ3n) is 3.21. The summed E-state index contributed by atoms with van der Waals surface area (Å²) in [5.74, 6) is 128. The van der Waals surface area contributed by atoms with E-state index in [0.717, 1.165) is 0 Å². The average Bonchev–Trinajstić information content (AvgIpc) is 3.18. The zero-order valence-corrected chi connectivity index (χ0v) is 27.2. The van der Waals surface area contributed by atoms with Crippen LogP contribution in [0.2, 0.25) is 0 Å². The Labute approximate surface area is 319 Å². The molecule has 0 heterocycles. The van der Waals surface area contributed by atoms with E-state index in [2.05, 4.69) is 308 Å². The van der Waals surface area contributed by atoms with Gasteiger partial charge in [0, 0.05) is 213 Å². The molecule has 0 radical (unpaired) electrons. The van der Waals surface area contributed by atoms with Gasteiger partial charge in [0.05, 0.1) is 0 Å². The van der Waals surface area contributed by atoms with Crippen molar-refractivity contribution in [1.82, 2.24) is 0 Å². The van der Waals surface area contributed by atoms with Gasteiger partial charge in [-0.3, -0.25) is 0 Å². The summed E-state index contributed by atoms with van der Waals surface area (Å²) in [6.45, 7) is 0. The topological polar surface area (TPSA) is 0 Å². The van der Waals surface area contributed by atoms with Gasteiger partial charge in [-0.2, -0.15) is 0 Å². The molecule has 0 aliphatic heterocycles. The lowest BCUT2D eigenvalue weighted by molar-refractivity contribution is 2.31. The van der Waals surface area contributed by atoms with Gasteiger partial charge in [0.25, 0.3) is 0 Å². The Hall–Kier alpha value is -11.9. The molecule has 0 saturated carbocycles. The highest BCUT2D eigenvalue weighted by Crippen LogP contribution is 1.62. The predicted octanol–water partition coefficient (Wildman–Crippen LogP) is 0.338. The van der Waals surface area contributed by atoms with Crippen LogP contribution in [0.4, 0.5) is 0 Å². The summed E-state index contributed by atoms with van der Waals surface area (Å²) in [6.07, 6.45) is 9.88. The smallest absolute Gasteiger partial charge is 0 e. The molecule has 0 aromatic heterocycles. The summed E-state index contributed by atoms with van der Waals surface area (Å²) < 4.78 is 0. The first-order valence-electron chi connectivity index (χ1n) is 13.3. The SMILES string of the molecule is C#CC#CC#CC#CC#CC#CC#CC#CC#CC#CC#CC#CC#CC#CC#CC#CC#CC#CC#CC#CC#CC#CC#CC#CC#CC#CC#C. The molecule has 0 atom stereocenters. The van der Waals surface area contributed by atoms with Crippen molar-refractivity contribution >= 4 is 0 Å². The van der Waals surface area contributed by atoms with Crippen LogP contribution in [0.5, 0.6) is 0 Å². The van der Waals surface area contributed by atoms with Crippen LogP contribution in [0.3, 0.4) is 0 Å². The molecule has 0 N–H and O–H groups in total. The lowest BCUT2D eigenvalue weighted by Gasteiger charge is -1.57. The second-order valence-electron chi connectivity index (χ2n) is 6.54. The van der Waals surface area contributed by atoms with Crippen molar-refractivity contribution in [2.24, 2.45) is 0 Å². The summed E-state index contributed by atoms with van der Waals surface area (Å²) >= 11 is 0. The first-order chi connectivity index (χ1) is 26.9. The Balaban J connectivity index is 4.57. The maximum absolute atomic E-state index is 4.94. The number of hydrogen-bond acceptors (Lipinski definition) is 0. The van der Waals surface area contributed by atoms with Gasteiger partial charge in [-0.25, -0.2) is 0 Å². The van der Waals surface area contributed by atoms with Gasteiger partial charge < -0.3 is 0 Å². The maximum Gasteiger partial charge on any atom is 0 e. The van der Waals surface area contributed by atoms with Crippen LogP contribution in [0.15, 0.2) is 0 Å². The predicted molar refractivity (Wildman–Crippen MR) is 212 cm³/mol. The molecule has 54 heavy (non-hydrogen) atoms. The van der Waals surface area contributed by atoms with Crippen LogP contribution in [0.25, 0.3) is 0 Å². The van der Waals surface area contributed by atoms with Crippen molar-refractivity contribution in [2.45, 2.75) is 0 Å². The van der Waals surface area contributed by atoms with Crippen LogP contribution in [0.1, 0.15) is 0 Å². The standard InChI is InChI=1S/C54H2/c1-3-5-7-9-11-13-15-17-19-21-23-25-27-29-31-33-35-37-39-41-43-45-47-49-51-53-54-52-50-48-46-44-42-40-38-36-34-32-30-28-26-24-22-20-18-16-14-12-10-8-6-4-2/h1-2H. The summed E-state index contributed by atoms with van der Waals surface area (Å²) in [6, 6.07) is 0. The van der Waals surface area contributed by atoms with Gasteiger partial charge in [-0.1, -0.05) is 0 Å². The van der Waals surface area contributed by atoms with Gasteiger partial charge in [-0.15, -0.1) is 12.8 Å². The fourth-order valence-electron chi connectivity index (χ4n) is 1.57. The van der Waals surface area contributed by atoms with Gasteiger partial charge in [0.15, 0.2) is 0 Å². The molecular weight excluding hydrogens is 649 g/mol. The van der Waals surface area contributed by atoms with Crippen molar-refractivity contribution in [3.63, 3.8) is 0 Å². The molecule has 0 nitrogen and oxygen atoms in total. The molecule has 0 unspecified atom stereocenters. The zero-order chi connectivity index (χ0) is 38.8. The van der Waals surface area contributed by atoms with Crippen LogP contribution < -0.4 is 0 Å². The van der Waals surface area contributed by atoms with Crippen LogP contribution >= 0.6 is 0 Å². The van der Waals surface area contributed by atoms with Crippen LogP contribution in [-0.4, -0.2) is 0 Å². The minimum Gasteiger partial charge on any atom is -0.106 e. The number of rotatable bonds is 0. The molecule has 218 valence electrons. The van der Waals surface area contributed by atoms with Gasteiger partial charge >= 0.3 is 0 Å². The first-order valence-corrected chi connectivity index (χ1v) is 13.3. The van der Waals surface area contributed by atoms with E-state index in [-0.39, 0.29) is 0 Å². The van der Waals surface area contributed by atoms with Gasteiger partial charge in [-0.05, 0) is 94.7 Å². The average molecular weight is 651 g/mol. The van der Waals surface area contributed by atoms with E-state index in [1.54, 1.807) is 0 Å². The maximum atomic E-state index is 4.94. The Bertz CT molecular complexity index is 3130. The molecule has 0 aliphatic carbocycles. The zero-order valence-electron chi connectivity index (χ0n) is 27.2. The lowest BCUT2D eigenvalue weighted by Crippen LogP contribution is -1.57. The Morgan fingerprint density at radius 2 is 0.148 bits per heavy atom. The summed E-state index contributed by atoms with van der Waals surface area (Å²) in [7, 11) is 0. The quantitative estimate of drug-likeness (QED) is 0.332. The highest BCUT2D eigenvalue weighted by molar-refractivity contribution is 5.51. The third kappa shape index (κ3) is 40.1. The van der Waals surface area contributed by atoms with E-state index >= 15 is 0 Å². The fourth-order valence-corrected chi connectivity index (χ4v) is 1.57. The molecule has 0 amide bonds. The van der Waals surface area contributed by atoms with Crippen LogP contribution in [-0.2, 0) is 0 Å². The van der Waals surface area contributed by atoms with Crippen molar-refractivity contribution in [2.75, 3.05) is 0 Å². The molecule has 0 aromatic rings. The number of terminal acetylenes is 2. The third-order valence-corrected chi connectivity index (χ3v) is 3.21. The molecule has 0 aliphatic rings. The number of hydrogen-bond donors (Lipinski definition) is 0. The van der Waals surface area contributed by atoms with Gasteiger partial charge in [0.1, 0.15) is 0 Å². The molecule has 0 saturated heterocycles. The summed E-state index contributed by atoms with van der Waals surface area (Å²) in [4.78, 5) is 0. The van der Waals surface area contributed by atoms with Crippen molar-refractivity contribution in [3.05, 3.63) is 0 Å². The second-order valence-corrected chi connectivity index (χ2v) is 6.54. The summed E-state index contributed by atoms with van der Waals surface area (Å²) in [5, 5.41) is 0. The first kappa shape index (κ1) is 42.1. The fraction of sp³-hybridized carbons (Fsp3) is 0. The molecule has 0 fully saturated rings. The second kappa shape index (κ2) is 41.1. The van der Waals surface area contributed by atoms with E-state index in [4.69, 9.17) is 12.8 Å². The summed E-state index contributed by atoms with van der Waals surface area (Å²) in [5.41, 5.74) is 0. The molecule has 0 heteroatoms. The van der Waals surface area contributed by atoms with Crippen molar-refractivity contribution in [3.8, 4) is 321 Å². The van der Waals surface area contributed by atoms with E-state index < -0.39 is 0 Å². The molecular formula is C54H2. The highest BCUT2D eigenvalue weighted by Gasteiger charge is 1.62. The molecule has 0 rings (SSSR count). The lowest BCUT2D eigenvalue weighted by atomic mass is 10.4. The largest absolute Gasteiger partial charge is 0.106 e. The Kier molecular flexibility index (Phi) is 32.1. The molecule has 0 bridgehead atoms. The normalized spacial score (nSPS) is 3.89. The molecule has 0 aromatic carbocycles. The van der Waals surface area contributed by atoms with Gasteiger partial charge in [0.2, 0.25) is 0 Å². The monoisotopic (exact) mass is 650 g/mol. The van der Waals surface area contributed by atoms with E-state index in [1.165, 1.54) is 0 Å². The van der Waals surface area contributed by atoms with E-state index in [0.29, 0.717) is 0 Å². The van der Waals surface area contributed by atoms with Crippen LogP contribution in [0, 0.1) is 321 Å². The van der Waals surface area contributed by atoms with Crippen molar-refractivity contribution < 1.29 is 0 Å². The van der Waals surface area contributed by atoms with E-state index in [9.17, 15) is 0 Å².